The second-order valence-corrected chi connectivity index (χ2v) is 10.3. The summed E-state index contributed by atoms with van der Waals surface area (Å²) in [5, 5.41) is 3.27. The van der Waals surface area contributed by atoms with Gasteiger partial charge in [0.2, 0.25) is 11.7 Å². The summed E-state index contributed by atoms with van der Waals surface area (Å²) >= 11 is 0.927. The number of fused-ring (bicyclic) bond motifs is 1. The summed E-state index contributed by atoms with van der Waals surface area (Å²) in [5.74, 6) is -1.38. The molecule has 1 amide bonds. The van der Waals surface area contributed by atoms with Crippen molar-refractivity contribution in [2.75, 3.05) is 25.0 Å². The van der Waals surface area contributed by atoms with Gasteiger partial charge >= 0.3 is 6.18 Å². The molecule has 12 heteroatoms. The molecule has 192 valence electrons. The molecule has 0 saturated carbocycles. The zero-order valence-electron chi connectivity index (χ0n) is 19.8. The number of carbonyl (C=O) groups excluding carboxylic acids is 1. The molecule has 0 bridgehead atoms. The van der Waals surface area contributed by atoms with Crippen LogP contribution in [0.25, 0.3) is 10.3 Å². The van der Waals surface area contributed by atoms with E-state index in [-0.39, 0.29) is 28.8 Å². The number of likely N-dealkylation sites (N-methyl/N-ethyl adjacent to an activating group) is 1. The van der Waals surface area contributed by atoms with Crippen molar-refractivity contribution in [1.29, 1.82) is 0 Å². The fraction of sp³-hybridized carbons (Fsp3) is 0.500. The summed E-state index contributed by atoms with van der Waals surface area (Å²) in [4.78, 5) is 38.1. The van der Waals surface area contributed by atoms with Gasteiger partial charge in [0.05, 0.1) is 0 Å². The third kappa shape index (κ3) is 4.83. The Morgan fingerprint density at radius 3 is 2.58 bits per heavy atom. The average molecular weight is 521 g/mol. The standard InChI is InChI=1S/C24H27F3N6O2S/c1-31-11-5-9-16(31)14-33-21(35)18-20(30-22(33)24(25,26)27)36-23(29-18)32-12-6-10-17(32)19(34)28-13-15-7-3-2-4-8-15/h2-4,7-8,16-17H,5-6,9-14H2,1H3,(H,28,34). The third-order valence-corrected chi connectivity index (χ3v) is 7.92. The number of amides is 1. The van der Waals surface area contributed by atoms with E-state index in [9.17, 15) is 22.8 Å². The van der Waals surface area contributed by atoms with Crippen LogP contribution in [0.3, 0.4) is 0 Å². The summed E-state index contributed by atoms with van der Waals surface area (Å²) in [6.07, 6.45) is -1.86. The molecule has 8 nitrogen and oxygen atoms in total. The monoisotopic (exact) mass is 520 g/mol. The number of nitrogens with zero attached hydrogens (tertiary/aromatic N) is 5. The summed E-state index contributed by atoms with van der Waals surface area (Å²) in [5.41, 5.74) is 0.0890. The Hall–Kier alpha value is -2.99. The molecule has 0 aliphatic carbocycles. The van der Waals surface area contributed by atoms with E-state index < -0.39 is 23.6 Å². The van der Waals surface area contributed by atoms with Crippen molar-refractivity contribution in [2.24, 2.45) is 0 Å². The fourth-order valence-corrected chi connectivity index (χ4v) is 6.00. The van der Waals surface area contributed by atoms with E-state index in [1.54, 1.807) is 4.90 Å². The van der Waals surface area contributed by atoms with Crippen molar-refractivity contribution >= 4 is 32.7 Å². The molecule has 2 fully saturated rings. The molecule has 2 aliphatic rings. The second kappa shape index (κ2) is 9.81. The number of aromatic nitrogens is 3. The van der Waals surface area contributed by atoms with E-state index in [1.807, 2.05) is 42.3 Å². The van der Waals surface area contributed by atoms with Crippen LogP contribution in [0.2, 0.25) is 0 Å². The lowest BCUT2D eigenvalue weighted by Crippen LogP contribution is -2.43. The fourth-order valence-electron chi connectivity index (χ4n) is 5.00. The third-order valence-electron chi connectivity index (χ3n) is 6.94. The highest BCUT2D eigenvalue weighted by molar-refractivity contribution is 7.21. The van der Waals surface area contributed by atoms with Gasteiger partial charge in [-0.3, -0.25) is 14.2 Å². The number of benzene rings is 1. The first-order chi connectivity index (χ1) is 17.2. The van der Waals surface area contributed by atoms with Crippen LogP contribution in [0.5, 0.6) is 0 Å². The van der Waals surface area contributed by atoms with Crippen molar-refractivity contribution in [3.05, 3.63) is 52.1 Å². The number of thiazole rings is 1. The normalized spacial score (nSPS) is 20.9. The molecule has 2 aliphatic heterocycles. The van der Waals surface area contributed by atoms with Crippen LogP contribution in [0.1, 0.15) is 37.1 Å². The first-order valence-electron chi connectivity index (χ1n) is 12.0. The minimum absolute atomic E-state index is 0.0614. The number of halogens is 3. The Bertz CT molecular complexity index is 1310. The lowest BCUT2D eigenvalue weighted by Gasteiger charge is -2.23. The molecule has 1 N–H and O–H groups in total. The summed E-state index contributed by atoms with van der Waals surface area (Å²) in [6.45, 7) is 1.59. The minimum atomic E-state index is -4.78. The van der Waals surface area contributed by atoms with Crippen LogP contribution in [0.4, 0.5) is 18.3 Å². The van der Waals surface area contributed by atoms with Crippen molar-refractivity contribution in [1.82, 2.24) is 24.8 Å². The zero-order valence-corrected chi connectivity index (χ0v) is 20.6. The lowest BCUT2D eigenvalue weighted by molar-refractivity contribution is -0.148. The maximum Gasteiger partial charge on any atom is 0.449 e. The van der Waals surface area contributed by atoms with Crippen molar-refractivity contribution in [2.45, 2.75) is 57.0 Å². The number of hydrogen-bond acceptors (Lipinski definition) is 7. The highest BCUT2D eigenvalue weighted by Crippen LogP contribution is 2.34. The number of hydrogen-bond donors (Lipinski definition) is 1. The number of rotatable bonds is 6. The summed E-state index contributed by atoms with van der Waals surface area (Å²) in [6, 6.07) is 8.84. The Kier molecular flexibility index (Phi) is 6.73. The predicted molar refractivity (Wildman–Crippen MR) is 131 cm³/mol. The van der Waals surface area contributed by atoms with Gasteiger partial charge in [-0.2, -0.15) is 13.2 Å². The molecular weight excluding hydrogens is 493 g/mol. The molecule has 2 saturated heterocycles. The largest absolute Gasteiger partial charge is 0.449 e. The molecule has 36 heavy (non-hydrogen) atoms. The van der Waals surface area contributed by atoms with Crippen LogP contribution >= 0.6 is 11.3 Å². The number of likely N-dealkylation sites (tertiary alicyclic amines) is 1. The Balaban J connectivity index is 1.44. The smallest absolute Gasteiger partial charge is 0.350 e. The van der Waals surface area contributed by atoms with Crippen LogP contribution in [-0.2, 0) is 24.1 Å². The number of anilines is 1. The SMILES string of the molecule is CN1CCCC1Cn1c(C(F)(F)F)nc2sc(N3CCCC3C(=O)NCc3ccccc3)nc2c1=O. The second-order valence-electron chi connectivity index (χ2n) is 9.33. The molecule has 5 rings (SSSR count). The van der Waals surface area contributed by atoms with Gasteiger partial charge in [0, 0.05) is 25.7 Å². The van der Waals surface area contributed by atoms with Gasteiger partial charge in [0.25, 0.3) is 5.56 Å². The minimum Gasteiger partial charge on any atom is -0.350 e. The van der Waals surface area contributed by atoms with Gasteiger partial charge in [-0.15, -0.1) is 0 Å². The van der Waals surface area contributed by atoms with Crippen LogP contribution in [0, 0.1) is 0 Å². The van der Waals surface area contributed by atoms with Gasteiger partial charge in [0.15, 0.2) is 15.5 Å². The summed E-state index contributed by atoms with van der Waals surface area (Å²) < 4.78 is 42.5. The highest BCUT2D eigenvalue weighted by Gasteiger charge is 2.40. The first-order valence-corrected chi connectivity index (χ1v) is 12.8. The van der Waals surface area contributed by atoms with Crippen molar-refractivity contribution in [3.8, 4) is 0 Å². The van der Waals surface area contributed by atoms with E-state index >= 15 is 0 Å². The maximum atomic E-state index is 13.9. The van der Waals surface area contributed by atoms with E-state index in [0.717, 1.165) is 40.9 Å². The van der Waals surface area contributed by atoms with Gasteiger partial charge in [-0.05, 0) is 44.8 Å². The zero-order chi connectivity index (χ0) is 25.4. The van der Waals surface area contributed by atoms with Gasteiger partial charge in [-0.25, -0.2) is 9.97 Å². The average Bonchev–Trinajstić information content (AvgIpc) is 3.59. The molecular formula is C24H27F3N6O2S. The molecule has 2 unspecified atom stereocenters. The van der Waals surface area contributed by atoms with E-state index in [1.165, 1.54) is 0 Å². The first kappa shape index (κ1) is 24.7. The molecule has 4 heterocycles. The molecule has 2 atom stereocenters. The van der Waals surface area contributed by atoms with Crippen LogP contribution in [-0.4, -0.2) is 57.6 Å². The van der Waals surface area contributed by atoms with Crippen LogP contribution < -0.4 is 15.8 Å². The van der Waals surface area contributed by atoms with Crippen LogP contribution in [0.15, 0.2) is 35.1 Å². The Morgan fingerprint density at radius 2 is 1.89 bits per heavy atom. The lowest BCUT2D eigenvalue weighted by atomic mass is 10.2. The molecule has 1 aromatic carbocycles. The summed E-state index contributed by atoms with van der Waals surface area (Å²) in [7, 11) is 1.85. The highest BCUT2D eigenvalue weighted by atomic mass is 32.1. The quantitative estimate of drug-likeness (QED) is 0.537. The number of carbonyl (C=O) groups is 1. The maximum absolute atomic E-state index is 13.9. The van der Waals surface area contributed by atoms with Gasteiger partial charge in [0.1, 0.15) is 6.04 Å². The molecule has 0 radical (unpaired) electrons. The van der Waals surface area contributed by atoms with Gasteiger partial charge in [-0.1, -0.05) is 41.7 Å². The number of nitrogens with one attached hydrogen (secondary N) is 1. The van der Waals surface area contributed by atoms with Gasteiger partial charge < -0.3 is 15.1 Å². The van der Waals surface area contributed by atoms with Crippen molar-refractivity contribution < 1.29 is 18.0 Å². The topological polar surface area (TPSA) is 83.4 Å². The molecule has 0 spiro atoms. The number of alkyl halides is 3. The van der Waals surface area contributed by atoms with Crippen molar-refractivity contribution in [3.63, 3.8) is 0 Å². The van der Waals surface area contributed by atoms with E-state index in [2.05, 4.69) is 15.3 Å². The molecule has 3 aromatic rings. The van der Waals surface area contributed by atoms with E-state index in [0.29, 0.717) is 31.1 Å². The Labute approximate surface area is 209 Å². The van der Waals surface area contributed by atoms with E-state index in [4.69, 9.17) is 0 Å². The molecule has 2 aromatic heterocycles. The Morgan fingerprint density at radius 1 is 1.14 bits per heavy atom. The predicted octanol–water partition coefficient (Wildman–Crippen LogP) is 3.25.